The lowest BCUT2D eigenvalue weighted by molar-refractivity contribution is 0.138. The van der Waals surface area contributed by atoms with Crippen molar-refractivity contribution in [1.29, 1.82) is 0 Å². The molecule has 2 nitrogen and oxygen atoms in total. The quantitative estimate of drug-likeness (QED) is 0.818. The Morgan fingerprint density at radius 1 is 1.53 bits per heavy atom. The van der Waals surface area contributed by atoms with E-state index >= 15 is 0 Å². The van der Waals surface area contributed by atoms with Crippen molar-refractivity contribution >= 4 is 27.7 Å². The summed E-state index contributed by atoms with van der Waals surface area (Å²) in [6.45, 7) is 3.35. The Morgan fingerprint density at radius 2 is 2.33 bits per heavy atom. The monoisotopic (exact) mass is 289 g/mol. The fourth-order valence-corrected chi connectivity index (χ4v) is 2.52. The molecule has 0 fully saturated rings. The first-order chi connectivity index (χ1) is 7.22. The van der Waals surface area contributed by atoms with E-state index in [9.17, 15) is 0 Å². The SMILES string of the molecule is CCOCC(N)CSc1cccc(Br)c1. The van der Waals surface area contributed by atoms with Crippen molar-refractivity contribution < 1.29 is 4.74 Å². The zero-order chi connectivity index (χ0) is 11.1. The summed E-state index contributed by atoms with van der Waals surface area (Å²) in [5.41, 5.74) is 5.89. The predicted molar refractivity (Wildman–Crippen MR) is 69.3 cm³/mol. The van der Waals surface area contributed by atoms with E-state index in [1.807, 2.05) is 19.1 Å². The van der Waals surface area contributed by atoms with Gasteiger partial charge in [0.1, 0.15) is 0 Å². The van der Waals surface area contributed by atoms with E-state index in [2.05, 4.69) is 28.1 Å². The molecule has 0 radical (unpaired) electrons. The second-order valence-electron chi connectivity index (χ2n) is 3.19. The highest BCUT2D eigenvalue weighted by molar-refractivity contribution is 9.10. The van der Waals surface area contributed by atoms with Crippen molar-refractivity contribution in [3.05, 3.63) is 28.7 Å². The Labute approximate surface area is 104 Å². The fraction of sp³-hybridized carbons (Fsp3) is 0.455. The molecule has 0 amide bonds. The van der Waals surface area contributed by atoms with E-state index in [-0.39, 0.29) is 6.04 Å². The van der Waals surface area contributed by atoms with Gasteiger partial charge in [-0.1, -0.05) is 22.0 Å². The molecule has 84 valence electrons. The molecule has 1 rings (SSSR count). The summed E-state index contributed by atoms with van der Waals surface area (Å²) in [5.74, 6) is 0.885. The highest BCUT2D eigenvalue weighted by Gasteiger charge is 2.03. The Bertz CT molecular complexity index is 296. The standard InChI is InChI=1S/C11H16BrNOS/c1-2-14-7-10(13)8-15-11-5-3-4-9(12)6-11/h3-6,10H,2,7-8,13H2,1H3. The van der Waals surface area contributed by atoms with Gasteiger partial charge >= 0.3 is 0 Å². The Balaban J connectivity index is 2.30. The van der Waals surface area contributed by atoms with Gasteiger partial charge in [0.25, 0.3) is 0 Å². The summed E-state index contributed by atoms with van der Waals surface area (Å²) in [6, 6.07) is 8.33. The van der Waals surface area contributed by atoms with Crippen molar-refractivity contribution in [1.82, 2.24) is 0 Å². The molecule has 0 aromatic heterocycles. The molecule has 1 unspecified atom stereocenters. The maximum atomic E-state index is 5.89. The molecule has 0 saturated carbocycles. The molecular formula is C11H16BrNOS. The first kappa shape index (κ1) is 13.0. The van der Waals surface area contributed by atoms with Gasteiger partial charge in [0.05, 0.1) is 6.61 Å². The lowest BCUT2D eigenvalue weighted by Crippen LogP contribution is -2.28. The van der Waals surface area contributed by atoms with Gasteiger partial charge in [0, 0.05) is 27.8 Å². The highest BCUT2D eigenvalue weighted by atomic mass is 79.9. The van der Waals surface area contributed by atoms with Crippen molar-refractivity contribution in [3.8, 4) is 0 Å². The maximum absolute atomic E-state index is 5.89. The zero-order valence-electron chi connectivity index (χ0n) is 8.78. The van der Waals surface area contributed by atoms with Crippen molar-refractivity contribution in [2.75, 3.05) is 19.0 Å². The van der Waals surface area contributed by atoms with Gasteiger partial charge < -0.3 is 10.5 Å². The van der Waals surface area contributed by atoms with Crippen molar-refractivity contribution in [2.24, 2.45) is 5.73 Å². The number of hydrogen-bond acceptors (Lipinski definition) is 3. The van der Waals surface area contributed by atoms with E-state index in [0.29, 0.717) is 6.61 Å². The summed E-state index contributed by atoms with van der Waals surface area (Å²) in [5, 5.41) is 0. The topological polar surface area (TPSA) is 35.2 Å². The number of halogens is 1. The number of thioether (sulfide) groups is 1. The van der Waals surface area contributed by atoms with Crippen LogP contribution >= 0.6 is 27.7 Å². The molecule has 0 saturated heterocycles. The minimum absolute atomic E-state index is 0.105. The van der Waals surface area contributed by atoms with Crippen LogP contribution in [0.5, 0.6) is 0 Å². The van der Waals surface area contributed by atoms with Crippen LogP contribution in [0, 0.1) is 0 Å². The maximum Gasteiger partial charge on any atom is 0.0625 e. The first-order valence-electron chi connectivity index (χ1n) is 4.94. The van der Waals surface area contributed by atoms with Crippen LogP contribution in [-0.4, -0.2) is 25.0 Å². The Hall–Kier alpha value is -0.0300. The van der Waals surface area contributed by atoms with E-state index in [1.165, 1.54) is 4.90 Å². The molecule has 1 atom stereocenters. The van der Waals surface area contributed by atoms with Gasteiger partial charge in [0.2, 0.25) is 0 Å². The smallest absolute Gasteiger partial charge is 0.0625 e. The van der Waals surface area contributed by atoms with Crippen molar-refractivity contribution in [3.63, 3.8) is 0 Å². The van der Waals surface area contributed by atoms with E-state index in [0.717, 1.165) is 16.8 Å². The van der Waals surface area contributed by atoms with Crippen LogP contribution in [0.4, 0.5) is 0 Å². The van der Waals surface area contributed by atoms with Crippen molar-refractivity contribution in [2.45, 2.75) is 17.9 Å². The molecule has 0 bridgehead atoms. The normalized spacial score (nSPS) is 12.7. The molecule has 15 heavy (non-hydrogen) atoms. The van der Waals surface area contributed by atoms with E-state index in [1.54, 1.807) is 11.8 Å². The van der Waals surface area contributed by atoms with E-state index in [4.69, 9.17) is 10.5 Å². The number of benzene rings is 1. The van der Waals surface area contributed by atoms with Crippen LogP contribution in [0.15, 0.2) is 33.6 Å². The molecule has 0 spiro atoms. The van der Waals surface area contributed by atoms with Crippen LogP contribution in [0.3, 0.4) is 0 Å². The molecule has 0 aliphatic heterocycles. The van der Waals surface area contributed by atoms with Gasteiger partial charge in [-0.25, -0.2) is 0 Å². The summed E-state index contributed by atoms with van der Waals surface area (Å²) in [4.78, 5) is 1.23. The lowest BCUT2D eigenvalue weighted by Gasteiger charge is -2.10. The minimum atomic E-state index is 0.105. The zero-order valence-corrected chi connectivity index (χ0v) is 11.2. The van der Waals surface area contributed by atoms with Crippen LogP contribution in [0.1, 0.15) is 6.92 Å². The van der Waals surface area contributed by atoms with Gasteiger partial charge in [-0.05, 0) is 25.1 Å². The van der Waals surface area contributed by atoms with E-state index < -0.39 is 0 Å². The molecule has 0 aliphatic carbocycles. The van der Waals surface area contributed by atoms with Gasteiger partial charge in [-0.3, -0.25) is 0 Å². The highest BCUT2D eigenvalue weighted by Crippen LogP contribution is 2.22. The van der Waals surface area contributed by atoms with Gasteiger partial charge in [-0.2, -0.15) is 0 Å². The fourth-order valence-electron chi connectivity index (χ4n) is 1.08. The molecular weight excluding hydrogens is 274 g/mol. The summed E-state index contributed by atoms with van der Waals surface area (Å²) >= 11 is 5.20. The minimum Gasteiger partial charge on any atom is -0.380 e. The average Bonchev–Trinajstić information content (AvgIpc) is 2.23. The van der Waals surface area contributed by atoms with Gasteiger partial charge in [-0.15, -0.1) is 11.8 Å². The number of nitrogens with two attached hydrogens (primary N) is 1. The molecule has 4 heteroatoms. The number of rotatable bonds is 6. The molecule has 1 aromatic carbocycles. The van der Waals surface area contributed by atoms with Crippen LogP contribution in [-0.2, 0) is 4.74 Å². The third-order valence-electron chi connectivity index (χ3n) is 1.80. The molecule has 0 aliphatic rings. The summed E-state index contributed by atoms with van der Waals surface area (Å²) in [7, 11) is 0. The van der Waals surface area contributed by atoms with Gasteiger partial charge in [0.15, 0.2) is 0 Å². The van der Waals surface area contributed by atoms with Crippen LogP contribution < -0.4 is 5.73 Å². The third kappa shape index (κ3) is 5.56. The number of ether oxygens (including phenoxy) is 1. The Morgan fingerprint density at radius 3 is 3.00 bits per heavy atom. The second kappa shape index (κ2) is 7.28. The largest absolute Gasteiger partial charge is 0.380 e. The van der Waals surface area contributed by atoms with Crippen LogP contribution in [0.25, 0.3) is 0 Å². The predicted octanol–water partition coefficient (Wildman–Crippen LogP) is 2.91. The average molecular weight is 290 g/mol. The molecule has 0 heterocycles. The molecule has 2 N–H and O–H groups in total. The first-order valence-corrected chi connectivity index (χ1v) is 6.72. The second-order valence-corrected chi connectivity index (χ2v) is 5.20. The summed E-state index contributed by atoms with van der Waals surface area (Å²) < 4.78 is 6.36. The number of hydrogen-bond donors (Lipinski definition) is 1. The Kier molecular flexibility index (Phi) is 6.32. The summed E-state index contributed by atoms with van der Waals surface area (Å²) in [6.07, 6.45) is 0. The molecule has 1 aromatic rings. The third-order valence-corrected chi connectivity index (χ3v) is 3.47. The lowest BCUT2D eigenvalue weighted by atomic mass is 10.4. The van der Waals surface area contributed by atoms with Crippen LogP contribution in [0.2, 0.25) is 0 Å².